The molecule has 0 aromatic heterocycles. The molecule has 30 heavy (non-hydrogen) atoms. The van der Waals surface area contributed by atoms with Gasteiger partial charge in [0.1, 0.15) is 0 Å². The third kappa shape index (κ3) is 4.49. The molecule has 0 atom stereocenters. The topological polar surface area (TPSA) is 69.7 Å². The van der Waals surface area contributed by atoms with Crippen LogP contribution in [0.1, 0.15) is 45.7 Å². The van der Waals surface area contributed by atoms with Gasteiger partial charge < -0.3 is 9.05 Å². The van der Waals surface area contributed by atoms with E-state index in [1.165, 1.54) is 6.07 Å². The zero-order valence-corrected chi connectivity index (χ0v) is 17.8. The van der Waals surface area contributed by atoms with E-state index in [4.69, 9.17) is 9.05 Å². The summed E-state index contributed by atoms with van der Waals surface area (Å²) in [5.41, 5.74) is 1.01. The summed E-state index contributed by atoms with van der Waals surface area (Å²) in [5.74, 6) is -0.749. The van der Waals surface area contributed by atoms with Gasteiger partial charge in [0.25, 0.3) is 0 Å². The zero-order chi connectivity index (χ0) is 21.6. The summed E-state index contributed by atoms with van der Waals surface area (Å²) in [6.07, 6.45) is 0. The van der Waals surface area contributed by atoms with Crippen molar-refractivity contribution < 1.29 is 23.2 Å². The molecule has 0 bridgehead atoms. The molecule has 0 saturated heterocycles. The molecule has 0 unspecified atom stereocenters. The maximum Gasteiger partial charge on any atom is 0.362 e. The number of carbonyl (C=O) groups excluding carboxylic acids is 2. The van der Waals surface area contributed by atoms with Crippen molar-refractivity contribution >= 4 is 24.5 Å². The molecule has 0 N–H and O–H groups in total. The Morgan fingerprint density at radius 3 is 1.70 bits per heavy atom. The van der Waals surface area contributed by atoms with Gasteiger partial charge in [-0.05, 0) is 19.9 Å². The Hall–Kier alpha value is -2.85. The summed E-state index contributed by atoms with van der Waals surface area (Å²) in [7, 11) is -3.81. The molecule has 0 saturated carbocycles. The lowest BCUT2D eigenvalue weighted by molar-refractivity contribution is 0.100. The lowest BCUT2D eigenvalue weighted by Gasteiger charge is -2.21. The Balaban J connectivity index is 2.27. The van der Waals surface area contributed by atoms with Crippen LogP contribution in [0, 0.1) is 0 Å². The fourth-order valence-corrected chi connectivity index (χ4v) is 4.99. The van der Waals surface area contributed by atoms with Gasteiger partial charge in [-0.25, -0.2) is 0 Å². The summed E-state index contributed by atoms with van der Waals surface area (Å²) in [6.45, 7) is 3.66. The number of carbonyl (C=O) groups is 2. The zero-order valence-electron chi connectivity index (χ0n) is 16.9. The normalized spacial score (nSPS) is 11.3. The number of rotatable bonds is 9. The number of hydrogen-bond acceptors (Lipinski definition) is 5. The van der Waals surface area contributed by atoms with Crippen LogP contribution < -0.4 is 5.30 Å². The minimum absolute atomic E-state index is 0.0442. The quantitative estimate of drug-likeness (QED) is 0.357. The lowest BCUT2D eigenvalue weighted by atomic mass is 9.93. The Bertz CT molecular complexity index is 1070. The van der Waals surface area contributed by atoms with Gasteiger partial charge in [0.05, 0.1) is 18.5 Å². The van der Waals surface area contributed by atoms with Crippen molar-refractivity contribution in [3.05, 3.63) is 101 Å². The van der Waals surface area contributed by atoms with Crippen molar-refractivity contribution in [3.63, 3.8) is 0 Å². The van der Waals surface area contributed by atoms with Crippen molar-refractivity contribution in [2.24, 2.45) is 0 Å². The summed E-state index contributed by atoms with van der Waals surface area (Å²) < 4.78 is 24.6. The molecule has 0 spiro atoms. The number of benzene rings is 3. The molecule has 6 heteroatoms. The van der Waals surface area contributed by atoms with Gasteiger partial charge in [-0.15, -0.1) is 0 Å². The van der Waals surface area contributed by atoms with Crippen LogP contribution in [0.15, 0.2) is 78.9 Å². The average molecular weight is 422 g/mol. The second-order valence-corrected chi connectivity index (χ2v) is 8.42. The minimum atomic E-state index is -3.81. The molecule has 0 radical (unpaired) electrons. The van der Waals surface area contributed by atoms with Gasteiger partial charge in [0.15, 0.2) is 11.6 Å². The highest BCUT2D eigenvalue weighted by Gasteiger charge is 2.35. The van der Waals surface area contributed by atoms with Crippen LogP contribution in [0.25, 0.3) is 0 Å². The molecule has 3 aromatic carbocycles. The van der Waals surface area contributed by atoms with Crippen molar-refractivity contribution in [2.45, 2.75) is 13.8 Å². The molecule has 0 aliphatic rings. The largest absolute Gasteiger partial charge is 0.362 e. The number of hydrogen-bond donors (Lipinski definition) is 0. The third-order valence-corrected chi connectivity index (χ3v) is 6.64. The average Bonchev–Trinajstić information content (AvgIpc) is 2.79. The van der Waals surface area contributed by atoms with E-state index in [9.17, 15) is 14.2 Å². The monoisotopic (exact) mass is 422 g/mol. The molecule has 3 aromatic rings. The van der Waals surface area contributed by atoms with Crippen LogP contribution >= 0.6 is 7.60 Å². The predicted octanol–water partition coefficient (Wildman–Crippen LogP) is 5.04. The summed E-state index contributed by atoms with van der Waals surface area (Å²) in [5, 5.41) is 0.0989. The summed E-state index contributed by atoms with van der Waals surface area (Å²) in [6, 6.07) is 21.9. The van der Waals surface area contributed by atoms with E-state index >= 15 is 0 Å². The van der Waals surface area contributed by atoms with E-state index in [0.29, 0.717) is 11.1 Å². The van der Waals surface area contributed by atoms with Crippen LogP contribution in [-0.4, -0.2) is 24.8 Å². The van der Waals surface area contributed by atoms with Crippen LogP contribution in [0.3, 0.4) is 0 Å². The molecule has 0 aliphatic carbocycles. The molecule has 0 heterocycles. The highest BCUT2D eigenvalue weighted by atomic mass is 31.2. The van der Waals surface area contributed by atoms with Crippen LogP contribution in [0.2, 0.25) is 0 Å². The van der Waals surface area contributed by atoms with E-state index in [1.807, 2.05) is 6.07 Å². The van der Waals surface area contributed by atoms with Gasteiger partial charge in [0, 0.05) is 22.3 Å². The van der Waals surface area contributed by atoms with E-state index < -0.39 is 13.4 Å². The molecule has 0 fully saturated rings. The van der Waals surface area contributed by atoms with Crippen molar-refractivity contribution in [1.29, 1.82) is 0 Å². The van der Waals surface area contributed by atoms with Crippen molar-refractivity contribution in [1.82, 2.24) is 0 Å². The van der Waals surface area contributed by atoms with Gasteiger partial charge in [-0.3, -0.25) is 14.2 Å². The minimum Gasteiger partial charge on any atom is -0.305 e. The Labute approximate surface area is 176 Å². The van der Waals surface area contributed by atoms with Gasteiger partial charge >= 0.3 is 7.60 Å². The fourth-order valence-electron chi connectivity index (χ4n) is 3.19. The summed E-state index contributed by atoms with van der Waals surface area (Å²) >= 11 is 0. The highest BCUT2D eigenvalue weighted by molar-refractivity contribution is 7.62. The van der Waals surface area contributed by atoms with Gasteiger partial charge in [-0.2, -0.15) is 0 Å². The first-order valence-electron chi connectivity index (χ1n) is 9.74. The second-order valence-electron chi connectivity index (χ2n) is 6.42. The van der Waals surface area contributed by atoms with E-state index in [1.54, 1.807) is 80.6 Å². The first kappa shape index (κ1) is 21.8. The van der Waals surface area contributed by atoms with Crippen LogP contribution in [-0.2, 0) is 13.6 Å². The lowest BCUT2D eigenvalue weighted by Crippen LogP contribution is -2.24. The first-order chi connectivity index (χ1) is 14.5. The fraction of sp³-hybridized carbons (Fsp3) is 0.167. The Morgan fingerprint density at radius 1 is 0.700 bits per heavy atom. The van der Waals surface area contributed by atoms with E-state index in [0.717, 1.165) is 0 Å². The smallest absolute Gasteiger partial charge is 0.305 e. The molecule has 0 aliphatic heterocycles. The standard InChI is InChI=1S/C24H23O5P/c1-3-28-30(27,29-4-2)21-17-11-16-20(23(25)18-12-7-5-8-13-18)22(21)24(26)19-14-9-6-10-15-19/h5-17H,3-4H2,1-2H3. The van der Waals surface area contributed by atoms with Crippen LogP contribution in [0.5, 0.6) is 0 Å². The van der Waals surface area contributed by atoms with E-state index in [2.05, 4.69) is 0 Å². The summed E-state index contributed by atoms with van der Waals surface area (Å²) in [4.78, 5) is 26.8. The Kier molecular flexibility index (Phi) is 7.11. The molecular weight excluding hydrogens is 399 g/mol. The second kappa shape index (κ2) is 9.77. The molecule has 3 rings (SSSR count). The Morgan fingerprint density at radius 2 is 1.20 bits per heavy atom. The number of ketones is 2. The maximum atomic E-state index is 13.6. The first-order valence-corrected chi connectivity index (χ1v) is 11.3. The van der Waals surface area contributed by atoms with Gasteiger partial charge in [0.2, 0.25) is 0 Å². The molecule has 5 nitrogen and oxygen atoms in total. The molecular formula is C24H23O5P. The van der Waals surface area contributed by atoms with Crippen molar-refractivity contribution in [3.8, 4) is 0 Å². The van der Waals surface area contributed by atoms with Crippen LogP contribution in [0.4, 0.5) is 0 Å². The van der Waals surface area contributed by atoms with Crippen molar-refractivity contribution in [2.75, 3.05) is 13.2 Å². The molecule has 154 valence electrons. The molecule has 0 amide bonds. The maximum absolute atomic E-state index is 13.6. The van der Waals surface area contributed by atoms with Gasteiger partial charge in [-0.1, -0.05) is 72.8 Å². The highest BCUT2D eigenvalue weighted by Crippen LogP contribution is 2.48. The predicted molar refractivity (Wildman–Crippen MR) is 117 cm³/mol. The van der Waals surface area contributed by atoms with E-state index in [-0.39, 0.29) is 35.4 Å². The SMILES string of the molecule is CCOP(=O)(OCC)c1cccc(C(=O)c2ccccc2)c1C(=O)c1ccccc1. The third-order valence-electron chi connectivity index (χ3n) is 4.48.